The number of ether oxygens (including phenoxy) is 1. The Balaban J connectivity index is 1.57. The Kier molecular flexibility index (Phi) is 4.91. The van der Waals surface area contributed by atoms with Gasteiger partial charge in [0.05, 0.1) is 31.0 Å². The molecule has 2 aliphatic heterocycles. The van der Waals surface area contributed by atoms with Crippen LogP contribution < -0.4 is 10.1 Å². The van der Waals surface area contributed by atoms with Gasteiger partial charge in [0.1, 0.15) is 5.75 Å². The fourth-order valence-electron chi connectivity index (χ4n) is 4.47. The van der Waals surface area contributed by atoms with E-state index in [0.717, 1.165) is 38.1 Å². The van der Waals surface area contributed by atoms with Crippen LogP contribution in [0.4, 0.5) is 0 Å². The molecular formula is C21H28N4O2. The van der Waals surface area contributed by atoms with Gasteiger partial charge in [0.2, 0.25) is 0 Å². The summed E-state index contributed by atoms with van der Waals surface area (Å²) in [6, 6.07) is 6.65. The highest BCUT2D eigenvalue weighted by Crippen LogP contribution is 2.35. The van der Waals surface area contributed by atoms with E-state index in [9.17, 15) is 4.79 Å². The number of piperidine rings is 1. The highest BCUT2D eigenvalue weighted by atomic mass is 16.5. The van der Waals surface area contributed by atoms with Crippen molar-refractivity contribution in [3.8, 4) is 5.75 Å². The number of hydrogen-bond acceptors (Lipinski definition) is 4. The maximum absolute atomic E-state index is 13.3. The zero-order valence-corrected chi connectivity index (χ0v) is 16.3. The third-order valence-corrected chi connectivity index (χ3v) is 5.94. The minimum Gasteiger partial charge on any atom is -0.497 e. The predicted molar refractivity (Wildman–Crippen MR) is 104 cm³/mol. The average Bonchev–Trinajstić information content (AvgIpc) is 3.18. The summed E-state index contributed by atoms with van der Waals surface area (Å²) in [7, 11) is 1.69. The van der Waals surface area contributed by atoms with E-state index >= 15 is 0 Å². The zero-order valence-electron chi connectivity index (χ0n) is 16.3. The van der Waals surface area contributed by atoms with Gasteiger partial charge in [0.25, 0.3) is 5.91 Å². The standard InChI is InChI=1S/C21H28N4O2/c1-14-9-16-10-19(27-3)6-7-20(16)15(2)25(14)21(26)17-11-23-24(13-17)18-5-4-8-22-12-18/h6-7,10-11,13-15,18,22H,4-5,8-9,12H2,1-3H3. The number of methoxy groups -OCH3 is 1. The molecule has 6 nitrogen and oxygen atoms in total. The first-order valence-electron chi connectivity index (χ1n) is 9.83. The van der Waals surface area contributed by atoms with Crippen LogP contribution >= 0.6 is 0 Å². The normalized spacial score (nSPS) is 25.1. The summed E-state index contributed by atoms with van der Waals surface area (Å²) in [5, 5.41) is 7.89. The van der Waals surface area contributed by atoms with Crippen LogP contribution in [-0.4, -0.2) is 46.8 Å². The third kappa shape index (κ3) is 3.34. The second-order valence-corrected chi connectivity index (χ2v) is 7.72. The van der Waals surface area contributed by atoms with Gasteiger partial charge >= 0.3 is 0 Å². The van der Waals surface area contributed by atoms with E-state index in [1.165, 1.54) is 11.1 Å². The number of nitrogens with one attached hydrogen (secondary N) is 1. The minimum absolute atomic E-state index is 0.0295. The molecule has 2 aliphatic rings. The molecule has 0 bridgehead atoms. The van der Waals surface area contributed by atoms with Crippen LogP contribution in [0.15, 0.2) is 30.6 Å². The Hall–Kier alpha value is -2.34. The first kappa shape index (κ1) is 18.0. The number of nitrogens with zero attached hydrogens (tertiary/aromatic N) is 3. The molecule has 3 heterocycles. The SMILES string of the molecule is COc1ccc2c(c1)CC(C)N(C(=O)c1cnn(C3CCCNC3)c1)C2C. The number of carbonyl (C=O) groups is 1. The lowest BCUT2D eigenvalue weighted by Gasteiger charge is -2.40. The van der Waals surface area contributed by atoms with Crippen molar-refractivity contribution < 1.29 is 9.53 Å². The Bertz CT molecular complexity index is 825. The summed E-state index contributed by atoms with van der Waals surface area (Å²) < 4.78 is 7.31. The molecule has 1 saturated heterocycles. The van der Waals surface area contributed by atoms with Gasteiger partial charge in [-0.15, -0.1) is 0 Å². The van der Waals surface area contributed by atoms with Crippen molar-refractivity contribution in [3.63, 3.8) is 0 Å². The van der Waals surface area contributed by atoms with Crippen molar-refractivity contribution in [2.45, 2.75) is 51.2 Å². The number of carbonyl (C=O) groups excluding carboxylic acids is 1. The Labute approximate surface area is 160 Å². The van der Waals surface area contributed by atoms with Crippen molar-refractivity contribution in [3.05, 3.63) is 47.3 Å². The van der Waals surface area contributed by atoms with Gasteiger partial charge in [0.15, 0.2) is 0 Å². The lowest BCUT2D eigenvalue weighted by Crippen LogP contribution is -2.44. The molecule has 0 saturated carbocycles. The Morgan fingerprint density at radius 3 is 2.93 bits per heavy atom. The van der Waals surface area contributed by atoms with Crippen LogP contribution in [0.25, 0.3) is 0 Å². The molecule has 2 aromatic rings. The lowest BCUT2D eigenvalue weighted by molar-refractivity contribution is 0.0580. The van der Waals surface area contributed by atoms with Crippen LogP contribution in [0.2, 0.25) is 0 Å². The Morgan fingerprint density at radius 2 is 2.19 bits per heavy atom. The fourth-order valence-corrected chi connectivity index (χ4v) is 4.47. The fraction of sp³-hybridized carbons (Fsp3) is 0.524. The molecule has 0 aliphatic carbocycles. The van der Waals surface area contributed by atoms with Gasteiger partial charge in [-0.05, 0) is 62.9 Å². The average molecular weight is 368 g/mol. The Morgan fingerprint density at radius 1 is 1.33 bits per heavy atom. The molecule has 1 aromatic carbocycles. The molecule has 3 unspecified atom stereocenters. The number of hydrogen-bond donors (Lipinski definition) is 1. The lowest BCUT2D eigenvalue weighted by atomic mass is 9.89. The summed E-state index contributed by atoms with van der Waals surface area (Å²) in [6.07, 6.45) is 6.73. The number of fused-ring (bicyclic) bond motifs is 1. The number of rotatable bonds is 3. The molecule has 0 radical (unpaired) electrons. The van der Waals surface area contributed by atoms with E-state index in [1.807, 2.05) is 21.8 Å². The molecule has 1 N–H and O–H groups in total. The summed E-state index contributed by atoms with van der Waals surface area (Å²) in [5.74, 6) is 0.932. The van der Waals surface area contributed by atoms with Crippen LogP contribution in [0.3, 0.4) is 0 Å². The van der Waals surface area contributed by atoms with E-state index in [1.54, 1.807) is 13.3 Å². The van der Waals surface area contributed by atoms with Gasteiger partial charge in [-0.3, -0.25) is 9.48 Å². The summed E-state index contributed by atoms with van der Waals surface area (Å²) in [4.78, 5) is 15.3. The van der Waals surface area contributed by atoms with Gasteiger partial charge < -0.3 is 15.0 Å². The monoisotopic (exact) mass is 368 g/mol. The highest BCUT2D eigenvalue weighted by molar-refractivity contribution is 5.94. The van der Waals surface area contributed by atoms with Gasteiger partial charge in [-0.2, -0.15) is 5.10 Å². The van der Waals surface area contributed by atoms with Crippen molar-refractivity contribution >= 4 is 5.91 Å². The van der Waals surface area contributed by atoms with Crippen LogP contribution in [0.1, 0.15) is 60.3 Å². The summed E-state index contributed by atoms with van der Waals surface area (Å²) in [5.41, 5.74) is 3.14. The van der Waals surface area contributed by atoms with Crippen molar-refractivity contribution in [2.75, 3.05) is 20.2 Å². The number of benzene rings is 1. The van der Waals surface area contributed by atoms with Crippen molar-refractivity contribution in [1.29, 1.82) is 0 Å². The number of aromatic nitrogens is 2. The van der Waals surface area contributed by atoms with Gasteiger partial charge in [0, 0.05) is 18.8 Å². The molecular weight excluding hydrogens is 340 g/mol. The smallest absolute Gasteiger partial charge is 0.257 e. The molecule has 27 heavy (non-hydrogen) atoms. The van der Waals surface area contributed by atoms with Crippen LogP contribution in [-0.2, 0) is 6.42 Å². The van der Waals surface area contributed by atoms with Crippen molar-refractivity contribution in [2.24, 2.45) is 0 Å². The van der Waals surface area contributed by atoms with Crippen LogP contribution in [0.5, 0.6) is 5.75 Å². The molecule has 0 spiro atoms. The van der Waals surface area contributed by atoms with E-state index in [2.05, 4.69) is 36.4 Å². The molecule has 1 amide bonds. The minimum atomic E-state index is 0.0295. The maximum Gasteiger partial charge on any atom is 0.257 e. The molecule has 1 aromatic heterocycles. The van der Waals surface area contributed by atoms with Gasteiger partial charge in [-0.1, -0.05) is 6.07 Å². The van der Waals surface area contributed by atoms with E-state index < -0.39 is 0 Å². The first-order valence-corrected chi connectivity index (χ1v) is 9.83. The molecule has 3 atom stereocenters. The van der Waals surface area contributed by atoms with E-state index in [0.29, 0.717) is 11.6 Å². The second-order valence-electron chi connectivity index (χ2n) is 7.72. The molecule has 144 valence electrons. The van der Waals surface area contributed by atoms with Crippen LogP contribution in [0, 0.1) is 0 Å². The molecule has 4 rings (SSSR count). The van der Waals surface area contributed by atoms with Crippen molar-refractivity contribution in [1.82, 2.24) is 20.0 Å². The summed E-state index contributed by atoms with van der Waals surface area (Å²) in [6.45, 7) is 6.21. The summed E-state index contributed by atoms with van der Waals surface area (Å²) >= 11 is 0. The van der Waals surface area contributed by atoms with E-state index in [-0.39, 0.29) is 18.0 Å². The molecule has 6 heteroatoms. The largest absolute Gasteiger partial charge is 0.497 e. The third-order valence-electron chi connectivity index (χ3n) is 5.94. The van der Waals surface area contributed by atoms with E-state index in [4.69, 9.17) is 4.74 Å². The second kappa shape index (κ2) is 7.35. The zero-order chi connectivity index (χ0) is 19.0. The maximum atomic E-state index is 13.3. The first-order chi connectivity index (χ1) is 13.1. The molecule has 1 fully saturated rings. The topological polar surface area (TPSA) is 59.4 Å². The quantitative estimate of drug-likeness (QED) is 0.905. The van der Waals surface area contributed by atoms with Gasteiger partial charge in [-0.25, -0.2) is 0 Å². The number of amides is 1. The highest BCUT2D eigenvalue weighted by Gasteiger charge is 2.34. The predicted octanol–water partition coefficient (Wildman–Crippen LogP) is 2.96.